The Balaban J connectivity index is 1.73. The molecule has 0 saturated carbocycles. The lowest BCUT2D eigenvalue weighted by Gasteiger charge is -2.40. The van der Waals surface area contributed by atoms with Gasteiger partial charge in [0.1, 0.15) is 0 Å². The third-order valence-electron chi connectivity index (χ3n) is 5.81. The first-order valence-electron chi connectivity index (χ1n) is 10.9. The Bertz CT molecular complexity index is 803. The average Bonchev–Trinajstić information content (AvgIpc) is 2.74. The van der Waals surface area contributed by atoms with Gasteiger partial charge in [0, 0.05) is 63.6 Å². The van der Waals surface area contributed by atoms with E-state index in [1.54, 1.807) is 0 Å². The normalized spacial score (nSPS) is 16.2. The van der Waals surface area contributed by atoms with Gasteiger partial charge in [-0.15, -0.1) is 0 Å². The van der Waals surface area contributed by atoms with Crippen LogP contribution in [0.4, 0.5) is 11.4 Å². The van der Waals surface area contributed by atoms with E-state index in [1.165, 1.54) is 16.9 Å². The Morgan fingerprint density at radius 1 is 0.967 bits per heavy atom. The van der Waals surface area contributed by atoms with E-state index in [1.807, 2.05) is 20.8 Å². The molecule has 2 aromatic carbocycles. The molecule has 30 heavy (non-hydrogen) atoms. The number of rotatable bonds is 6. The quantitative estimate of drug-likeness (QED) is 0.790. The van der Waals surface area contributed by atoms with Gasteiger partial charge in [-0.25, -0.2) is 0 Å². The van der Waals surface area contributed by atoms with Crippen LogP contribution in [0.1, 0.15) is 32.4 Å². The number of piperazine rings is 1. The zero-order valence-electron chi connectivity index (χ0n) is 19.1. The smallest absolute Gasteiger partial charge is 0.225 e. The number of nitrogens with zero attached hydrogens (tertiary/aromatic N) is 3. The molecule has 1 heterocycles. The molecule has 1 atom stereocenters. The Labute approximate surface area is 181 Å². The maximum Gasteiger partial charge on any atom is 0.225 e. The van der Waals surface area contributed by atoms with E-state index in [4.69, 9.17) is 0 Å². The number of amides is 1. The van der Waals surface area contributed by atoms with Crippen LogP contribution in [-0.2, 0) is 4.79 Å². The van der Waals surface area contributed by atoms with Gasteiger partial charge in [0.25, 0.3) is 0 Å². The second-order valence-corrected chi connectivity index (χ2v) is 9.32. The van der Waals surface area contributed by atoms with Gasteiger partial charge in [0.15, 0.2) is 0 Å². The fourth-order valence-electron chi connectivity index (χ4n) is 3.84. The highest BCUT2D eigenvalue weighted by atomic mass is 16.2. The van der Waals surface area contributed by atoms with E-state index < -0.39 is 0 Å². The van der Waals surface area contributed by atoms with E-state index in [0.717, 1.165) is 26.2 Å². The lowest BCUT2D eigenvalue weighted by Crippen LogP contribution is -2.50. The van der Waals surface area contributed by atoms with Crippen LogP contribution in [0.25, 0.3) is 0 Å². The highest BCUT2D eigenvalue weighted by molar-refractivity contribution is 5.81. The molecule has 1 fully saturated rings. The van der Waals surface area contributed by atoms with Crippen LogP contribution in [-0.4, -0.2) is 57.6 Å². The van der Waals surface area contributed by atoms with Crippen LogP contribution < -0.4 is 15.1 Å². The van der Waals surface area contributed by atoms with Crippen molar-refractivity contribution in [1.29, 1.82) is 0 Å². The Morgan fingerprint density at radius 3 is 2.10 bits per heavy atom. The van der Waals surface area contributed by atoms with Crippen molar-refractivity contribution in [2.45, 2.75) is 26.8 Å². The summed E-state index contributed by atoms with van der Waals surface area (Å²) in [5.41, 5.74) is 3.34. The van der Waals surface area contributed by atoms with E-state index in [-0.39, 0.29) is 17.4 Å². The number of anilines is 2. The van der Waals surface area contributed by atoms with Crippen molar-refractivity contribution in [3.63, 3.8) is 0 Å². The molecule has 5 nitrogen and oxygen atoms in total. The predicted octanol–water partition coefficient (Wildman–Crippen LogP) is 3.78. The molecule has 1 aliphatic heterocycles. The van der Waals surface area contributed by atoms with Gasteiger partial charge >= 0.3 is 0 Å². The zero-order valence-corrected chi connectivity index (χ0v) is 19.1. The highest BCUT2D eigenvalue weighted by Gasteiger charge is 2.28. The second-order valence-electron chi connectivity index (χ2n) is 9.32. The van der Waals surface area contributed by atoms with Crippen LogP contribution in [0.5, 0.6) is 0 Å². The molecule has 0 aliphatic carbocycles. The van der Waals surface area contributed by atoms with Crippen LogP contribution in [0.2, 0.25) is 0 Å². The second kappa shape index (κ2) is 9.52. The van der Waals surface area contributed by atoms with Gasteiger partial charge in [-0.2, -0.15) is 0 Å². The fourth-order valence-corrected chi connectivity index (χ4v) is 3.84. The van der Waals surface area contributed by atoms with E-state index in [2.05, 4.69) is 88.7 Å². The molecular weight excluding hydrogens is 372 g/mol. The molecular formula is C25H36N4O. The number of hydrogen-bond donors (Lipinski definition) is 1. The molecule has 0 spiro atoms. The molecule has 1 N–H and O–H groups in total. The number of carbonyl (C=O) groups excluding carboxylic acids is 1. The van der Waals surface area contributed by atoms with Gasteiger partial charge in [0.2, 0.25) is 5.91 Å². The first kappa shape index (κ1) is 22.2. The van der Waals surface area contributed by atoms with Gasteiger partial charge < -0.3 is 15.1 Å². The average molecular weight is 409 g/mol. The zero-order chi connectivity index (χ0) is 21.7. The van der Waals surface area contributed by atoms with Crippen LogP contribution in [0, 0.1) is 5.41 Å². The predicted molar refractivity (Wildman–Crippen MR) is 126 cm³/mol. The van der Waals surface area contributed by atoms with Gasteiger partial charge in [-0.3, -0.25) is 9.69 Å². The van der Waals surface area contributed by atoms with E-state index in [0.29, 0.717) is 6.54 Å². The largest absolute Gasteiger partial charge is 0.378 e. The third kappa shape index (κ3) is 5.54. The van der Waals surface area contributed by atoms with E-state index >= 15 is 0 Å². The van der Waals surface area contributed by atoms with Gasteiger partial charge in [-0.05, 0) is 29.8 Å². The first-order valence-corrected chi connectivity index (χ1v) is 10.9. The minimum atomic E-state index is -0.384. The van der Waals surface area contributed by atoms with Crippen molar-refractivity contribution >= 4 is 17.3 Å². The monoisotopic (exact) mass is 408 g/mol. The fraction of sp³-hybridized carbons (Fsp3) is 0.480. The Kier molecular flexibility index (Phi) is 7.03. The molecule has 1 aliphatic rings. The van der Waals surface area contributed by atoms with E-state index in [9.17, 15) is 4.79 Å². The summed E-state index contributed by atoms with van der Waals surface area (Å²) in [6.07, 6.45) is 0. The minimum Gasteiger partial charge on any atom is -0.378 e. The summed E-state index contributed by atoms with van der Waals surface area (Å²) in [6, 6.07) is 19.5. The molecule has 5 heteroatoms. The summed E-state index contributed by atoms with van der Waals surface area (Å²) in [4.78, 5) is 19.6. The molecule has 0 unspecified atom stereocenters. The summed E-state index contributed by atoms with van der Waals surface area (Å²) in [5.74, 6) is 0.0975. The third-order valence-corrected chi connectivity index (χ3v) is 5.81. The van der Waals surface area contributed by atoms with Crippen LogP contribution in [0.3, 0.4) is 0 Å². The van der Waals surface area contributed by atoms with Crippen LogP contribution >= 0.6 is 0 Å². The molecule has 3 rings (SSSR count). The van der Waals surface area contributed by atoms with Gasteiger partial charge in [-0.1, -0.05) is 51.1 Å². The molecule has 0 radical (unpaired) electrons. The summed E-state index contributed by atoms with van der Waals surface area (Å²) in [7, 11) is 4.11. The van der Waals surface area contributed by atoms with Crippen molar-refractivity contribution in [2.24, 2.45) is 5.41 Å². The lowest BCUT2D eigenvalue weighted by atomic mass is 9.95. The number of hydrogen-bond acceptors (Lipinski definition) is 4. The summed E-state index contributed by atoms with van der Waals surface area (Å²) >= 11 is 0. The molecule has 2 aromatic rings. The molecule has 1 saturated heterocycles. The topological polar surface area (TPSA) is 38.8 Å². The lowest BCUT2D eigenvalue weighted by molar-refractivity contribution is -0.128. The SMILES string of the molecule is CN(C)c1ccc([C@H](CNC(=O)C(C)(C)C)N2CCN(c3ccccc3)CC2)cc1. The molecule has 0 aromatic heterocycles. The van der Waals surface area contributed by atoms with Crippen molar-refractivity contribution in [3.8, 4) is 0 Å². The Morgan fingerprint density at radius 2 is 1.57 bits per heavy atom. The van der Waals surface area contributed by atoms with Gasteiger partial charge in [0.05, 0.1) is 6.04 Å². The number of carbonyl (C=O) groups is 1. The number of nitrogens with one attached hydrogen (secondary N) is 1. The number of benzene rings is 2. The molecule has 0 bridgehead atoms. The van der Waals surface area contributed by atoms with Crippen molar-refractivity contribution in [3.05, 3.63) is 60.2 Å². The summed E-state index contributed by atoms with van der Waals surface area (Å²) in [5, 5.41) is 3.19. The van der Waals surface area contributed by atoms with Crippen molar-refractivity contribution < 1.29 is 4.79 Å². The standard InChI is InChI=1S/C25H36N4O/c1-25(2,3)24(30)26-19-23(20-11-13-21(14-12-20)27(4)5)29-17-15-28(16-18-29)22-9-7-6-8-10-22/h6-14,23H,15-19H2,1-5H3,(H,26,30)/t23-/m0/s1. The minimum absolute atomic E-state index is 0.0975. The molecule has 162 valence electrons. The van der Waals surface area contributed by atoms with Crippen molar-refractivity contribution in [2.75, 3.05) is 56.6 Å². The highest BCUT2D eigenvalue weighted by Crippen LogP contribution is 2.26. The molecule has 1 amide bonds. The first-order chi connectivity index (χ1) is 14.3. The van der Waals surface area contributed by atoms with Crippen LogP contribution in [0.15, 0.2) is 54.6 Å². The maximum atomic E-state index is 12.5. The number of para-hydroxylation sites is 1. The summed E-state index contributed by atoms with van der Waals surface area (Å²) in [6.45, 7) is 10.4. The van der Waals surface area contributed by atoms with Crippen molar-refractivity contribution in [1.82, 2.24) is 10.2 Å². The Hall–Kier alpha value is -2.53. The summed E-state index contributed by atoms with van der Waals surface area (Å²) < 4.78 is 0. The maximum absolute atomic E-state index is 12.5.